The van der Waals surface area contributed by atoms with Gasteiger partial charge in [-0.15, -0.1) is 0 Å². The smallest absolute Gasteiger partial charge is 0.254 e. The van der Waals surface area contributed by atoms with E-state index in [0.717, 1.165) is 11.1 Å². The molecule has 4 aromatic carbocycles. The lowest BCUT2D eigenvalue weighted by Gasteiger charge is -2.23. The van der Waals surface area contributed by atoms with Crippen LogP contribution in [0, 0.1) is 0 Å². The van der Waals surface area contributed by atoms with Crippen LogP contribution in [0.4, 0.5) is 0 Å². The molecule has 1 amide bonds. The number of ether oxygens (including phenoxy) is 3. The summed E-state index contributed by atoms with van der Waals surface area (Å²) >= 11 is 5.97. The van der Waals surface area contributed by atoms with Gasteiger partial charge < -0.3 is 24.8 Å². The second kappa shape index (κ2) is 13.5. The number of nitrogens with two attached hydrogens (primary N) is 1. The summed E-state index contributed by atoms with van der Waals surface area (Å²) < 4.78 is 17.5. The maximum atomic E-state index is 13.6. The van der Waals surface area contributed by atoms with Crippen molar-refractivity contribution < 1.29 is 19.0 Å². The van der Waals surface area contributed by atoms with Crippen LogP contribution in [0.3, 0.4) is 0 Å². The van der Waals surface area contributed by atoms with Gasteiger partial charge in [-0.1, -0.05) is 54.1 Å². The standard InChI is InChI=1S/C31H31ClN2O4/c1-36-30-20-25(11-16-29(30)37-22-23-7-3-2-4-8-23)31(35)34(18-6-17-33)21-24-9-5-10-28(19-24)38-27-14-12-26(32)13-15-27/h2-5,7-16,19-20H,6,17-18,21-22,33H2,1H3. The molecule has 0 saturated heterocycles. The molecule has 0 aliphatic heterocycles. The van der Waals surface area contributed by atoms with Crippen LogP contribution >= 0.6 is 11.6 Å². The molecule has 6 nitrogen and oxygen atoms in total. The Morgan fingerprint density at radius 2 is 1.61 bits per heavy atom. The Hall–Kier alpha value is -4.00. The van der Waals surface area contributed by atoms with Gasteiger partial charge in [-0.25, -0.2) is 0 Å². The summed E-state index contributed by atoms with van der Waals surface area (Å²) in [6.07, 6.45) is 0.683. The molecule has 2 N–H and O–H groups in total. The number of benzene rings is 4. The molecule has 4 aromatic rings. The lowest BCUT2D eigenvalue weighted by Crippen LogP contribution is -2.32. The Morgan fingerprint density at radius 3 is 2.34 bits per heavy atom. The third kappa shape index (κ3) is 7.51. The molecule has 38 heavy (non-hydrogen) atoms. The Labute approximate surface area is 228 Å². The van der Waals surface area contributed by atoms with Crippen LogP contribution in [0.15, 0.2) is 97.1 Å². The van der Waals surface area contributed by atoms with Crippen LogP contribution in [0.2, 0.25) is 5.02 Å². The predicted molar refractivity (Wildman–Crippen MR) is 150 cm³/mol. The highest BCUT2D eigenvalue weighted by Gasteiger charge is 2.19. The topological polar surface area (TPSA) is 74.0 Å². The van der Waals surface area contributed by atoms with Crippen LogP contribution < -0.4 is 19.9 Å². The lowest BCUT2D eigenvalue weighted by molar-refractivity contribution is 0.0741. The molecule has 0 fully saturated rings. The first-order chi connectivity index (χ1) is 18.6. The number of carbonyl (C=O) groups is 1. The Bertz CT molecular complexity index is 1330. The minimum Gasteiger partial charge on any atom is -0.493 e. The molecular formula is C31H31ClN2O4. The molecule has 0 aliphatic carbocycles. The van der Waals surface area contributed by atoms with Gasteiger partial charge in [0.1, 0.15) is 18.1 Å². The first kappa shape index (κ1) is 27.0. The summed E-state index contributed by atoms with van der Waals surface area (Å²) in [6.45, 7) is 1.82. The van der Waals surface area contributed by atoms with Gasteiger partial charge in [0.05, 0.1) is 7.11 Å². The molecule has 0 spiro atoms. The summed E-state index contributed by atoms with van der Waals surface area (Å²) in [7, 11) is 1.57. The fraction of sp³-hybridized carbons (Fsp3) is 0.194. The van der Waals surface area contributed by atoms with E-state index in [4.69, 9.17) is 31.5 Å². The molecule has 0 radical (unpaired) electrons. The molecule has 0 bridgehead atoms. The van der Waals surface area contributed by atoms with Gasteiger partial charge in [0, 0.05) is 23.7 Å². The minimum absolute atomic E-state index is 0.115. The number of carbonyl (C=O) groups excluding carboxylic acids is 1. The van der Waals surface area contributed by atoms with E-state index in [1.165, 1.54) is 0 Å². The molecule has 196 valence electrons. The fourth-order valence-corrected chi connectivity index (χ4v) is 4.06. The summed E-state index contributed by atoms with van der Waals surface area (Å²) in [6, 6.07) is 30.0. The van der Waals surface area contributed by atoms with Gasteiger partial charge in [0.25, 0.3) is 5.91 Å². The minimum atomic E-state index is -0.115. The van der Waals surface area contributed by atoms with Gasteiger partial charge >= 0.3 is 0 Å². The van der Waals surface area contributed by atoms with E-state index in [2.05, 4.69) is 0 Å². The summed E-state index contributed by atoms with van der Waals surface area (Å²) in [5, 5.41) is 0.646. The number of halogens is 1. The number of methoxy groups -OCH3 is 1. The van der Waals surface area contributed by atoms with Crippen LogP contribution in [0.25, 0.3) is 0 Å². The first-order valence-electron chi connectivity index (χ1n) is 12.4. The van der Waals surface area contributed by atoms with E-state index < -0.39 is 0 Å². The van der Waals surface area contributed by atoms with Crippen LogP contribution in [-0.2, 0) is 13.2 Å². The van der Waals surface area contributed by atoms with E-state index in [1.54, 1.807) is 42.3 Å². The van der Waals surface area contributed by atoms with Gasteiger partial charge in [0.2, 0.25) is 0 Å². The van der Waals surface area contributed by atoms with Crippen molar-refractivity contribution >= 4 is 17.5 Å². The fourth-order valence-electron chi connectivity index (χ4n) is 3.94. The molecule has 0 saturated carbocycles. The van der Waals surface area contributed by atoms with Crippen molar-refractivity contribution in [2.75, 3.05) is 20.2 Å². The highest BCUT2D eigenvalue weighted by molar-refractivity contribution is 6.30. The van der Waals surface area contributed by atoms with E-state index in [0.29, 0.717) is 66.2 Å². The van der Waals surface area contributed by atoms with Crippen molar-refractivity contribution in [3.05, 3.63) is 119 Å². The van der Waals surface area contributed by atoms with E-state index in [1.807, 2.05) is 66.7 Å². The molecular weight excluding hydrogens is 500 g/mol. The molecule has 4 rings (SSSR count). The van der Waals surface area contributed by atoms with Gasteiger partial charge in [0.15, 0.2) is 11.5 Å². The summed E-state index contributed by atoms with van der Waals surface area (Å²) in [4.78, 5) is 15.4. The van der Waals surface area contributed by atoms with Crippen molar-refractivity contribution in [3.8, 4) is 23.0 Å². The second-order valence-corrected chi connectivity index (χ2v) is 9.15. The van der Waals surface area contributed by atoms with E-state index in [9.17, 15) is 4.79 Å². The quantitative estimate of drug-likeness (QED) is 0.220. The zero-order valence-corrected chi connectivity index (χ0v) is 22.1. The highest BCUT2D eigenvalue weighted by atomic mass is 35.5. The number of amides is 1. The Morgan fingerprint density at radius 1 is 0.842 bits per heavy atom. The molecule has 7 heteroatoms. The van der Waals surface area contributed by atoms with E-state index in [-0.39, 0.29) is 5.91 Å². The van der Waals surface area contributed by atoms with Crippen LogP contribution in [0.1, 0.15) is 27.9 Å². The maximum absolute atomic E-state index is 13.6. The zero-order valence-electron chi connectivity index (χ0n) is 21.3. The first-order valence-corrected chi connectivity index (χ1v) is 12.8. The SMILES string of the molecule is COc1cc(C(=O)N(CCCN)Cc2cccc(Oc3ccc(Cl)cc3)c2)ccc1OCc1ccccc1. The molecule has 0 atom stereocenters. The Kier molecular flexibility index (Phi) is 9.62. The lowest BCUT2D eigenvalue weighted by atomic mass is 10.1. The van der Waals surface area contributed by atoms with Gasteiger partial charge in [-0.3, -0.25) is 4.79 Å². The normalized spacial score (nSPS) is 10.6. The Balaban J connectivity index is 1.48. The summed E-state index contributed by atoms with van der Waals surface area (Å²) in [5.41, 5.74) is 8.27. The number of hydrogen-bond acceptors (Lipinski definition) is 5. The third-order valence-corrected chi connectivity index (χ3v) is 6.14. The monoisotopic (exact) mass is 530 g/mol. The predicted octanol–water partition coefficient (Wildman–Crippen LogP) is 6.71. The average Bonchev–Trinajstić information content (AvgIpc) is 2.95. The molecule has 0 heterocycles. The van der Waals surface area contributed by atoms with Crippen molar-refractivity contribution in [3.63, 3.8) is 0 Å². The molecule has 0 unspecified atom stereocenters. The van der Waals surface area contributed by atoms with Gasteiger partial charge in [-0.05, 0) is 78.7 Å². The largest absolute Gasteiger partial charge is 0.493 e. The zero-order chi connectivity index (χ0) is 26.7. The van der Waals surface area contributed by atoms with Crippen molar-refractivity contribution in [1.82, 2.24) is 4.90 Å². The summed E-state index contributed by atoms with van der Waals surface area (Å²) in [5.74, 6) is 2.33. The second-order valence-electron chi connectivity index (χ2n) is 8.71. The van der Waals surface area contributed by atoms with E-state index >= 15 is 0 Å². The maximum Gasteiger partial charge on any atom is 0.254 e. The van der Waals surface area contributed by atoms with Crippen molar-refractivity contribution in [2.24, 2.45) is 5.73 Å². The van der Waals surface area contributed by atoms with Crippen molar-refractivity contribution in [2.45, 2.75) is 19.6 Å². The van der Waals surface area contributed by atoms with Crippen LogP contribution in [0.5, 0.6) is 23.0 Å². The number of rotatable bonds is 12. The molecule has 0 aromatic heterocycles. The molecule has 0 aliphatic rings. The van der Waals surface area contributed by atoms with Crippen molar-refractivity contribution in [1.29, 1.82) is 0 Å². The highest BCUT2D eigenvalue weighted by Crippen LogP contribution is 2.30. The third-order valence-electron chi connectivity index (χ3n) is 5.89. The van der Waals surface area contributed by atoms with Gasteiger partial charge in [-0.2, -0.15) is 0 Å². The van der Waals surface area contributed by atoms with Crippen LogP contribution in [-0.4, -0.2) is 31.0 Å². The average molecular weight is 531 g/mol. The number of hydrogen-bond donors (Lipinski definition) is 1. The number of nitrogens with zero attached hydrogens (tertiary/aromatic N) is 1.